The second kappa shape index (κ2) is 9.39. The molecule has 0 aliphatic carbocycles. The number of hydrogen-bond donors (Lipinski definition) is 2. The molecule has 2 heterocycles. The molecule has 1 atom stereocenters. The van der Waals surface area contributed by atoms with Crippen molar-refractivity contribution in [1.82, 2.24) is 15.2 Å². The zero-order valence-electron chi connectivity index (χ0n) is 17.9. The average Bonchev–Trinajstić information content (AvgIpc) is 3.16. The highest BCUT2D eigenvalue weighted by atomic mass is 19.1. The molecule has 1 aromatic heterocycles. The molecule has 0 saturated heterocycles. The van der Waals surface area contributed by atoms with Crippen molar-refractivity contribution < 1.29 is 18.7 Å². The number of urea groups is 1. The van der Waals surface area contributed by atoms with Gasteiger partial charge in [-0.3, -0.25) is 0 Å². The van der Waals surface area contributed by atoms with Gasteiger partial charge in [-0.05, 0) is 61.2 Å². The van der Waals surface area contributed by atoms with Crippen LogP contribution in [0.1, 0.15) is 36.2 Å². The highest BCUT2D eigenvalue weighted by Crippen LogP contribution is 2.39. The number of carbonyl (C=O) groups is 1. The van der Waals surface area contributed by atoms with Gasteiger partial charge in [0.05, 0.1) is 13.2 Å². The predicted molar refractivity (Wildman–Crippen MR) is 118 cm³/mol. The van der Waals surface area contributed by atoms with Gasteiger partial charge in [-0.15, -0.1) is 0 Å². The van der Waals surface area contributed by atoms with Crippen LogP contribution in [0.5, 0.6) is 5.75 Å². The minimum Gasteiger partial charge on any atom is -0.497 e. The summed E-state index contributed by atoms with van der Waals surface area (Å²) < 4.78 is 24.3. The van der Waals surface area contributed by atoms with E-state index in [-0.39, 0.29) is 17.9 Å². The Bertz CT molecular complexity index is 1050. The van der Waals surface area contributed by atoms with Crippen molar-refractivity contribution in [3.8, 4) is 5.75 Å². The van der Waals surface area contributed by atoms with Crippen LogP contribution in [-0.4, -0.2) is 49.3 Å². The number of halogens is 1. The first-order chi connectivity index (χ1) is 15.1. The summed E-state index contributed by atoms with van der Waals surface area (Å²) in [7, 11) is 1.65. The molecule has 0 bridgehead atoms. The van der Waals surface area contributed by atoms with E-state index < -0.39 is 0 Å². The number of nitrogens with zero attached hydrogens (tertiary/aromatic N) is 1. The molecule has 0 radical (unpaired) electrons. The summed E-state index contributed by atoms with van der Waals surface area (Å²) in [5.41, 5.74) is 4.00. The van der Waals surface area contributed by atoms with Crippen molar-refractivity contribution in [1.29, 1.82) is 0 Å². The summed E-state index contributed by atoms with van der Waals surface area (Å²) >= 11 is 0. The number of aromatic amines is 1. The van der Waals surface area contributed by atoms with Gasteiger partial charge in [-0.1, -0.05) is 12.1 Å². The van der Waals surface area contributed by atoms with Gasteiger partial charge in [0.1, 0.15) is 11.6 Å². The molecular weight excluding hydrogens is 397 g/mol. The van der Waals surface area contributed by atoms with Gasteiger partial charge in [-0.25, -0.2) is 9.18 Å². The Balaban J connectivity index is 1.67. The van der Waals surface area contributed by atoms with Gasteiger partial charge in [0.2, 0.25) is 0 Å². The molecule has 0 saturated carbocycles. The molecule has 7 heteroatoms. The fourth-order valence-electron chi connectivity index (χ4n) is 4.22. The van der Waals surface area contributed by atoms with E-state index in [1.54, 1.807) is 19.2 Å². The number of nitrogens with one attached hydrogen (secondary N) is 2. The third-order valence-corrected chi connectivity index (χ3v) is 5.73. The number of rotatable bonds is 7. The van der Waals surface area contributed by atoms with Crippen molar-refractivity contribution in [2.75, 3.05) is 33.4 Å². The lowest BCUT2D eigenvalue weighted by Crippen LogP contribution is -2.46. The number of amides is 2. The Morgan fingerprint density at radius 2 is 2.06 bits per heavy atom. The van der Waals surface area contributed by atoms with Gasteiger partial charge in [0.25, 0.3) is 0 Å². The van der Waals surface area contributed by atoms with E-state index in [1.165, 1.54) is 17.7 Å². The second-order valence-corrected chi connectivity index (χ2v) is 7.61. The molecule has 2 aromatic carbocycles. The van der Waals surface area contributed by atoms with Crippen molar-refractivity contribution in [3.05, 3.63) is 65.1 Å². The Labute approximate surface area is 181 Å². The van der Waals surface area contributed by atoms with E-state index in [4.69, 9.17) is 9.47 Å². The Kier molecular flexibility index (Phi) is 6.42. The van der Waals surface area contributed by atoms with Crippen LogP contribution in [-0.2, 0) is 11.2 Å². The molecular formula is C24H28FN3O3. The maximum atomic E-state index is 13.6. The van der Waals surface area contributed by atoms with Crippen LogP contribution >= 0.6 is 0 Å². The van der Waals surface area contributed by atoms with Gasteiger partial charge in [0.15, 0.2) is 0 Å². The summed E-state index contributed by atoms with van der Waals surface area (Å²) in [5, 5.41) is 4.10. The summed E-state index contributed by atoms with van der Waals surface area (Å²) in [5.74, 6) is 0.496. The standard InChI is InChI=1S/C24H28FN3O3/c1-3-31-14-4-12-26-24(29)28-13-11-19-20-15-18(30-2)9-10-21(20)27-22(19)23(28)16-5-7-17(25)8-6-16/h5-10,15,23,27H,3-4,11-14H2,1-2H3,(H,26,29)/t23-/m1/s1. The summed E-state index contributed by atoms with van der Waals surface area (Å²) in [6, 6.07) is 11.8. The van der Waals surface area contributed by atoms with Crippen LogP contribution in [0.25, 0.3) is 10.9 Å². The summed E-state index contributed by atoms with van der Waals surface area (Å²) in [6.07, 6.45) is 1.48. The van der Waals surface area contributed by atoms with E-state index in [1.807, 2.05) is 30.0 Å². The Morgan fingerprint density at radius 3 is 2.81 bits per heavy atom. The summed E-state index contributed by atoms with van der Waals surface area (Å²) in [6.45, 7) is 4.35. The molecule has 0 fully saturated rings. The van der Waals surface area contributed by atoms with Crippen molar-refractivity contribution >= 4 is 16.9 Å². The third kappa shape index (κ3) is 4.37. The lowest BCUT2D eigenvalue weighted by molar-refractivity contribution is 0.143. The topological polar surface area (TPSA) is 66.6 Å². The number of ether oxygens (including phenoxy) is 2. The first kappa shape index (κ1) is 21.2. The second-order valence-electron chi connectivity index (χ2n) is 7.61. The zero-order valence-corrected chi connectivity index (χ0v) is 17.9. The zero-order chi connectivity index (χ0) is 21.8. The molecule has 164 valence electrons. The maximum absolute atomic E-state index is 13.6. The Hall–Kier alpha value is -3.06. The number of methoxy groups -OCH3 is 1. The van der Waals surface area contributed by atoms with Crippen molar-refractivity contribution in [2.24, 2.45) is 0 Å². The minimum absolute atomic E-state index is 0.132. The van der Waals surface area contributed by atoms with Crippen LogP contribution in [0, 0.1) is 5.82 Å². The van der Waals surface area contributed by atoms with E-state index in [0.29, 0.717) is 26.3 Å². The molecule has 2 amide bonds. The van der Waals surface area contributed by atoms with E-state index in [2.05, 4.69) is 10.3 Å². The average molecular weight is 426 g/mol. The molecule has 0 spiro atoms. The number of carbonyl (C=O) groups excluding carboxylic acids is 1. The van der Waals surface area contributed by atoms with Gasteiger partial charge < -0.3 is 24.7 Å². The fourth-order valence-corrected chi connectivity index (χ4v) is 4.22. The molecule has 3 aromatic rings. The SMILES string of the molecule is CCOCCCNC(=O)N1CCc2c([nH]c3ccc(OC)cc23)[C@H]1c1ccc(F)cc1. The highest BCUT2D eigenvalue weighted by molar-refractivity contribution is 5.87. The monoisotopic (exact) mass is 425 g/mol. The molecule has 4 rings (SSSR count). The first-order valence-electron chi connectivity index (χ1n) is 10.7. The molecule has 2 N–H and O–H groups in total. The molecule has 1 aliphatic rings. The van der Waals surface area contributed by atoms with E-state index >= 15 is 0 Å². The minimum atomic E-state index is -0.324. The molecule has 1 aliphatic heterocycles. The molecule has 31 heavy (non-hydrogen) atoms. The van der Waals surface area contributed by atoms with Crippen molar-refractivity contribution in [3.63, 3.8) is 0 Å². The van der Waals surface area contributed by atoms with E-state index in [9.17, 15) is 9.18 Å². The number of aromatic nitrogens is 1. The number of H-pyrrole nitrogens is 1. The quantitative estimate of drug-likeness (QED) is 0.552. The fraction of sp³-hybridized carbons (Fsp3) is 0.375. The molecule has 6 nitrogen and oxygen atoms in total. The first-order valence-corrected chi connectivity index (χ1v) is 10.7. The van der Waals surface area contributed by atoms with Gasteiger partial charge >= 0.3 is 6.03 Å². The number of benzene rings is 2. The lowest BCUT2D eigenvalue weighted by atomic mass is 9.92. The largest absolute Gasteiger partial charge is 0.497 e. The predicted octanol–water partition coefficient (Wildman–Crippen LogP) is 4.40. The van der Waals surface area contributed by atoms with Crippen LogP contribution in [0.4, 0.5) is 9.18 Å². The van der Waals surface area contributed by atoms with Gasteiger partial charge in [0, 0.05) is 42.9 Å². The lowest BCUT2D eigenvalue weighted by Gasteiger charge is -2.36. The van der Waals surface area contributed by atoms with Crippen LogP contribution in [0.15, 0.2) is 42.5 Å². The van der Waals surface area contributed by atoms with Crippen LogP contribution in [0.3, 0.4) is 0 Å². The Morgan fingerprint density at radius 1 is 1.26 bits per heavy atom. The number of fused-ring (bicyclic) bond motifs is 3. The van der Waals surface area contributed by atoms with Crippen LogP contribution in [0.2, 0.25) is 0 Å². The molecule has 0 unspecified atom stereocenters. The smallest absolute Gasteiger partial charge is 0.318 e. The van der Waals surface area contributed by atoms with Crippen molar-refractivity contribution in [2.45, 2.75) is 25.8 Å². The summed E-state index contributed by atoms with van der Waals surface area (Å²) in [4.78, 5) is 18.4. The third-order valence-electron chi connectivity index (χ3n) is 5.73. The normalized spacial score (nSPS) is 15.7. The maximum Gasteiger partial charge on any atom is 0.318 e. The number of hydrogen-bond acceptors (Lipinski definition) is 3. The van der Waals surface area contributed by atoms with E-state index in [0.717, 1.165) is 40.8 Å². The van der Waals surface area contributed by atoms with Gasteiger partial charge in [-0.2, -0.15) is 0 Å². The highest BCUT2D eigenvalue weighted by Gasteiger charge is 2.34. The van der Waals surface area contributed by atoms with Crippen LogP contribution < -0.4 is 10.1 Å².